The summed E-state index contributed by atoms with van der Waals surface area (Å²) in [5, 5.41) is 0. The van der Waals surface area contributed by atoms with Gasteiger partial charge in [-0.25, -0.2) is 0 Å². The van der Waals surface area contributed by atoms with Gasteiger partial charge in [-0.05, 0) is 36.2 Å². The molecule has 3 nitrogen and oxygen atoms in total. The molecule has 0 bridgehead atoms. The molecule has 2 aliphatic carbocycles. The lowest BCUT2D eigenvalue weighted by atomic mass is 9.62. The molecule has 0 unspecified atom stereocenters. The first-order chi connectivity index (χ1) is 8.40. The van der Waals surface area contributed by atoms with Gasteiger partial charge in [0.05, 0.1) is 5.41 Å². The van der Waals surface area contributed by atoms with Crippen molar-refractivity contribution in [3.63, 3.8) is 0 Å². The van der Waals surface area contributed by atoms with Crippen molar-refractivity contribution < 1.29 is 14.3 Å². The first kappa shape index (κ1) is 11.9. The average molecular weight is 248 g/mol. The maximum atomic E-state index is 12.1. The van der Waals surface area contributed by atoms with E-state index in [4.69, 9.17) is 4.74 Å². The second-order valence-corrected chi connectivity index (χ2v) is 6.57. The van der Waals surface area contributed by atoms with Crippen molar-refractivity contribution in [1.82, 2.24) is 0 Å². The Morgan fingerprint density at radius 3 is 2.72 bits per heavy atom. The molecule has 0 aromatic heterocycles. The van der Waals surface area contributed by atoms with Gasteiger partial charge < -0.3 is 4.74 Å². The molecule has 0 radical (unpaired) electrons. The maximum absolute atomic E-state index is 12.1. The van der Waals surface area contributed by atoms with Gasteiger partial charge in [-0.1, -0.05) is 20.4 Å². The summed E-state index contributed by atoms with van der Waals surface area (Å²) in [6, 6.07) is 0. The lowest BCUT2D eigenvalue weighted by Crippen LogP contribution is -2.39. The van der Waals surface area contributed by atoms with Crippen molar-refractivity contribution in [2.45, 2.75) is 39.5 Å². The topological polar surface area (TPSA) is 43.4 Å². The smallest absolute Gasteiger partial charge is 0.316 e. The highest BCUT2D eigenvalue weighted by atomic mass is 16.5. The predicted octanol–water partition coefficient (Wildman–Crippen LogP) is 2.50. The highest BCUT2D eigenvalue weighted by molar-refractivity contribution is 5.86. The molecule has 0 aromatic rings. The van der Waals surface area contributed by atoms with Gasteiger partial charge in [-0.15, -0.1) is 0 Å². The summed E-state index contributed by atoms with van der Waals surface area (Å²) < 4.78 is 5.19. The summed E-state index contributed by atoms with van der Waals surface area (Å²) in [5.74, 6) is 0.745. The molecule has 0 aromatic carbocycles. The van der Waals surface area contributed by atoms with Crippen LogP contribution in [0.2, 0.25) is 0 Å². The van der Waals surface area contributed by atoms with Crippen LogP contribution in [0.1, 0.15) is 39.5 Å². The van der Waals surface area contributed by atoms with Crippen LogP contribution >= 0.6 is 0 Å². The minimum atomic E-state index is -0.488. The molecule has 1 saturated heterocycles. The Morgan fingerprint density at radius 2 is 2.11 bits per heavy atom. The number of hydrogen-bond acceptors (Lipinski definition) is 3. The normalized spacial score (nSPS) is 47.6. The summed E-state index contributed by atoms with van der Waals surface area (Å²) in [6.45, 7) is 8.61. The Morgan fingerprint density at radius 1 is 1.39 bits per heavy atom. The van der Waals surface area contributed by atoms with E-state index in [2.05, 4.69) is 13.5 Å². The number of hydrogen-bond donors (Lipinski definition) is 0. The summed E-state index contributed by atoms with van der Waals surface area (Å²) >= 11 is 0. The molecule has 2 saturated carbocycles. The third kappa shape index (κ3) is 1.25. The number of esters is 1. The molecule has 3 aliphatic rings. The Kier molecular flexibility index (Phi) is 2.30. The van der Waals surface area contributed by atoms with Gasteiger partial charge in [-0.2, -0.15) is 0 Å². The van der Waals surface area contributed by atoms with Crippen LogP contribution in [0.15, 0.2) is 12.2 Å². The first-order valence-electron chi connectivity index (χ1n) is 6.78. The summed E-state index contributed by atoms with van der Waals surface area (Å²) in [6.07, 6.45) is 3.16. The largest absolute Gasteiger partial charge is 0.460 e. The number of carbonyl (C=O) groups excluding carboxylic acids is 2. The molecule has 1 aliphatic heterocycles. The summed E-state index contributed by atoms with van der Waals surface area (Å²) in [4.78, 5) is 24.1. The number of Topliss-reactive ketones (excluding diaryl/α,β-unsaturated/α-hetero) is 1. The molecule has 18 heavy (non-hydrogen) atoms. The third-order valence-corrected chi connectivity index (χ3v) is 5.87. The van der Waals surface area contributed by atoms with E-state index in [0.717, 1.165) is 24.8 Å². The SMILES string of the molecule is C=C1COC(=O)[C@]12C[C@@H]1CCC(=O)[C@@H](C)[C@]1(C)C2. The van der Waals surface area contributed by atoms with Crippen LogP contribution in [0.4, 0.5) is 0 Å². The van der Waals surface area contributed by atoms with Gasteiger partial charge in [0.15, 0.2) is 0 Å². The van der Waals surface area contributed by atoms with E-state index in [1.165, 1.54) is 0 Å². The molecular weight excluding hydrogens is 228 g/mol. The maximum Gasteiger partial charge on any atom is 0.316 e. The van der Waals surface area contributed by atoms with Crippen molar-refractivity contribution in [3.8, 4) is 0 Å². The Bertz CT molecular complexity index is 435. The minimum absolute atomic E-state index is 0.0526. The summed E-state index contributed by atoms with van der Waals surface area (Å²) in [5.41, 5.74) is 0.377. The zero-order valence-corrected chi connectivity index (χ0v) is 11.1. The fourth-order valence-corrected chi connectivity index (χ4v) is 4.36. The van der Waals surface area contributed by atoms with E-state index in [1.54, 1.807) is 0 Å². The van der Waals surface area contributed by atoms with Gasteiger partial charge in [0.1, 0.15) is 12.4 Å². The fourth-order valence-electron chi connectivity index (χ4n) is 4.36. The van der Waals surface area contributed by atoms with Gasteiger partial charge in [0.2, 0.25) is 0 Å². The van der Waals surface area contributed by atoms with E-state index in [-0.39, 0.29) is 17.3 Å². The Hall–Kier alpha value is -1.12. The summed E-state index contributed by atoms with van der Waals surface area (Å²) in [7, 11) is 0. The quantitative estimate of drug-likeness (QED) is 0.488. The first-order valence-corrected chi connectivity index (χ1v) is 6.78. The Labute approximate surface area is 108 Å². The zero-order valence-electron chi connectivity index (χ0n) is 11.1. The van der Waals surface area contributed by atoms with Crippen LogP contribution < -0.4 is 0 Å². The second kappa shape index (κ2) is 3.46. The van der Waals surface area contributed by atoms with Crippen LogP contribution in [0.25, 0.3) is 0 Å². The number of rotatable bonds is 0. The van der Waals surface area contributed by atoms with Gasteiger partial charge in [0, 0.05) is 12.3 Å². The monoisotopic (exact) mass is 248 g/mol. The molecule has 0 amide bonds. The van der Waals surface area contributed by atoms with Crippen molar-refractivity contribution in [2.24, 2.45) is 22.7 Å². The fraction of sp³-hybridized carbons (Fsp3) is 0.733. The van der Waals surface area contributed by atoms with E-state index >= 15 is 0 Å². The lowest BCUT2D eigenvalue weighted by Gasteiger charge is -2.40. The van der Waals surface area contributed by atoms with Gasteiger partial charge in [-0.3, -0.25) is 9.59 Å². The van der Waals surface area contributed by atoms with Crippen molar-refractivity contribution in [3.05, 3.63) is 12.2 Å². The van der Waals surface area contributed by atoms with E-state index in [1.807, 2.05) is 6.92 Å². The minimum Gasteiger partial charge on any atom is -0.460 e. The Balaban J connectivity index is 2.00. The third-order valence-electron chi connectivity index (χ3n) is 5.87. The number of carbonyl (C=O) groups is 2. The van der Waals surface area contributed by atoms with Gasteiger partial charge in [0.25, 0.3) is 0 Å². The predicted molar refractivity (Wildman–Crippen MR) is 66.8 cm³/mol. The standard InChI is InChI=1S/C15H20O3/c1-9-7-18-13(17)15(9)6-11-4-5-12(16)10(2)14(11,3)8-15/h10-11H,1,4-8H2,2-3H3/t10-,11+,14+,15+/m1/s1. The molecule has 4 atom stereocenters. The lowest BCUT2D eigenvalue weighted by molar-refractivity contribution is -0.146. The zero-order chi connectivity index (χ0) is 13.1. The highest BCUT2D eigenvalue weighted by Gasteiger charge is 2.63. The number of cyclic esters (lactones) is 1. The van der Waals surface area contributed by atoms with Crippen molar-refractivity contribution >= 4 is 11.8 Å². The van der Waals surface area contributed by atoms with Crippen molar-refractivity contribution in [1.29, 1.82) is 0 Å². The number of ketones is 1. The number of fused-ring (bicyclic) bond motifs is 1. The molecule has 1 spiro atoms. The number of ether oxygens (including phenoxy) is 1. The molecule has 98 valence electrons. The van der Waals surface area contributed by atoms with Crippen molar-refractivity contribution in [2.75, 3.05) is 6.61 Å². The molecule has 3 rings (SSSR count). The highest BCUT2D eigenvalue weighted by Crippen LogP contribution is 2.64. The molecule has 3 heteroatoms. The van der Waals surface area contributed by atoms with Crippen LogP contribution in [0.3, 0.4) is 0 Å². The molecular formula is C15H20O3. The molecule has 1 heterocycles. The van der Waals surface area contributed by atoms with Crippen LogP contribution in [0, 0.1) is 22.7 Å². The average Bonchev–Trinajstić information content (AvgIpc) is 2.79. The molecule has 3 fully saturated rings. The van der Waals surface area contributed by atoms with E-state index < -0.39 is 5.41 Å². The van der Waals surface area contributed by atoms with Crippen LogP contribution in [-0.4, -0.2) is 18.4 Å². The van der Waals surface area contributed by atoms with Crippen LogP contribution in [0.5, 0.6) is 0 Å². The van der Waals surface area contributed by atoms with Crippen LogP contribution in [-0.2, 0) is 14.3 Å². The van der Waals surface area contributed by atoms with Gasteiger partial charge >= 0.3 is 5.97 Å². The van der Waals surface area contributed by atoms with E-state index in [9.17, 15) is 9.59 Å². The van der Waals surface area contributed by atoms with E-state index in [0.29, 0.717) is 24.7 Å². The second-order valence-electron chi connectivity index (χ2n) is 6.57. The molecule has 0 N–H and O–H groups in total.